The maximum absolute atomic E-state index is 13.5. The summed E-state index contributed by atoms with van der Waals surface area (Å²) in [4.78, 5) is 39.0. The number of carbonyl (C=O) groups excluding carboxylic acids is 3. The zero-order valence-corrected chi connectivity index (χ0v) is 13.4. The molecule has 1 saturated carbocycles. The van der Waals surface area contributed by atoms with Gasteiger partial charge in [0.2, 0.25) is 0 Å². The molecule has 7 heteroatoms. The summed E-state index contributed by atoms with van der Waals surface area (Å²) >= 11 is 1.22. The first-order valence-electron chi connectivity index (χ1n) is 7.66. The van der Waals surface area contributed by atoms with Crippen molar-refractivity contribution in [2.24, 2.45) is 0 Å². The highest BCUT2D eigenvalue weighted by atomic mass is 32.2. The number of halogens is 1. The van der Waals surface area contributed by atoms with Crippen LogP contribution in [0, 0.1) is 5.82 Å². The predicted molar refractivity (Wildman–Crippen MR) is 83.3 cm³/mol. The van der Waals surface area contributed by atoms with Gasteiger partial charge in [-0.1, -0.05) is 25.0 Å². The number of urea groups is 1. The zero-order chi connectivity index (χ0) is 16.4. The van der Waals surface area contributed by atoms with Crippen molar-refractivity contribution in [3.63, 3.8) is 0 Å². The number of thioether (sulfide) groups is 1. The van der Waals surface area contributed by atoms with Crippen LogP contribution in [0.4, 0.5) is 9.18 Å². The molecule has 0 spiro atoms. The molecular formula is C16H17FN2O3S. The van der Waals surface area contributed by atoms with Crippen LogP contribution >= 0.6 is 11.8 Å². The molecule has 1 heterocycles. The molecule has 5 nitrogen and oxygen atoms in total. The van der Waals surface area contributed by atoms with Gasteiger partial charge in [-0.2, -0.15) is 0 Å². The van der Waals surface area contributed by atoms with E-state index in [9.17, 15) is 18.8 Å². The lowest BCUT2D eigenvalue weighted by Gasteiger charge is -2.21. The third kappa shape index (κ3) is 3.10. The topological polar surface area (TPSA) is 57.7 Å². The van der Waals surface area contributed by atoms with Crippen LogP contribution in [0.2, 0.25) is 0 Å². The van der Waals surface area contributed by atoms with E-state index in [2.05, 4.69) is 0 Å². The highest BCUT2D eigenvalue weighted by Crippen LogP contribution is 2.28. The molecule has 1 saturated heterocycles. The molecule has 0 aromatic heterocycles. The van der Waals surface area contributed by atoms with Gasteiger partial charge in [0.15, 0.2) is 0 Å². The molecule has 1 aliphatic carbocycles. The largest absolute Gasteiger partial charge is 0.334 e. The molecule has 0 bridgehead atoms. The highest BCUT2D eigenvalue weighted by Gasteiger charge is 2.47. The Morgan fingerprint density at radius 2 is 1.78 bits per heavy atom. The number of amides is 4. The lowest BCUT2D eigenvalue weighted by molar-refractivity contribution is -0.143. The van der Waals surface area contributed by atoms with Gasteiger partial charge in [-0.3, -0.25) is 19.4 Å². The van der Waals surface area contributed by atoms with Crippen LogP contribution in [-0.4, -0.2) is 46.0 Å². The van der Waals surface area contributed by atoms with Gasteiger partial charge in [-0.15, -0.1) is 11.8 Å². The Hall–Kier alpha value is -1.89. The fourth-order valence-electron chi connectivity index (χ4n) is 3.01. The Morgan fingerprint density at radius 1 is 1.09 bits per heavy atom. The molecule has 2 fully saturated rings. The SMILES string of the molecule is O=C1C(=O)N(C2CCCC2)C(=O)N1CCSc1ccccc1F. The maximum Gasteiger partial charge on any atom is 0.334 e. The number of hydrogen-bond donors (Lipinski definition) is 0. The molecule has 122 valence electrons. The predicted octanol–water partition coefficient (Wildman–Crippen LogP) is 2.65. The summed E-state index contributed by atoms with van der Waals surface area (Å²) in [5.74, 6) is -1.47. The molecule has 0 unspecified atom stereocenters. The van der Waals surface area contributed by atoms with E-state index in [-0.39, 0.29) is 18.4 Å². The fourth-order valence-corrected chi connectivity index (χ4v) is 3.89. The lowest BCUT2D eigenvalue weighted by atomic mass is 10.2. The molecule has 23 heavy (non-hydrogen) atoms. The lowest BCUT2D eigenvalue weighted by Crippen LogP contribution is -2.40. The molecule has 1 aromatic carbocycles. The van der Waals surface area contributed by atoms with Crippen LogP contribution in [0.3, 0.4) is 0 Å². The van der Waals surface area contributed by atoms with Gasteiger partial charge in [-0.05, 0) is 25.0 Å². The summed E-state index contributed by atoms with van der Waals surface area (Å²) in [6.07, 6.45) is 3.48. The summed E-state index contributed by atoms with van der Waals surface area (Å²) in [7, 11) is 0. The molecule has 3 rings (SSSR count). The van der Waals surface area contributed by atoms with Crippen molar-refractivity contribution >= 4 is 29.6 Å². The van der Waals surface area contributed by atoms with E-state index in [0.29, 0.717) is 10.6 Å². The molecule has 1 aromatic rings. The van der Waals surface area contributed by atoms with Gasteiger partial charge >= 0.3 is 17.8 Å². The second-order valence-corrected chi connectivity index (χ2v) is 6.77. The number of rotatable bonds is 5. The minimum atomic E-state index is -0.768. The van der Waals surface area contributed by atoms with E-state index >= 15 is 0 Å². The smallest absolute Gasteiger partial charge is 0.263 e. The molecular weight excluding hydrogens is 319 g/mol. The number of nitrogens with zero attached hydrogens (tertiary/aromatic N) is 2. The van der Waals surface area contributed by atoms with Crippen LogP contribution in [0.1, 0.15) is 25.7 Å². The van der Waals surface area contributed by atoms with E-state index in [1.807, 2.05) is 0 Å². The Labute approximate surface area is 137 Å². The van der Waals surface area contributed by atoms with Crippen molar-refractivity contribution in [2.45, 2.75) is 36.6 Å². The van der Waals surface area contributed by atoms with Crippen molar-refractivity contribution in [3.8, 4) is 0 Å². The monoisotopic (exact) mass is 336 g/mol. The van der Waals surface area contributed by atoms with Crippen LogP contribution in [0.25, 0.3) is 0 Å². The quantitative estimate of drug-likeness (QED) is 0.471. The van der Waals surface area contributed by atoms with Crippen molar-refractivity contribution in [2.75, 3.05) is 12.3 Å². The minimum absolute atomic E-state index is 0.103. The van der Waals surface area contributed by atoms with Gasteiger partial charge in [0.1, 0.15) is 5.82 Å². The Bertz CT molecular complexity index is 646. The van der Waals surface area contributed by atoms with Gasteiger partial charge in [0.25, 0.3) is 0 Å². The van der Waals surface area contributed by atoms with Gasteiger partial charge in [0.05, 0.1) is 0 Å². The molecule has 0 N–H and O–H groups in total. The van der Waals surface area contributed by atoms with E-state index in [1.54, 1.807) is 18.2 Å². The molecule has 1 aliphatic heterocycles. The summed E-state index contributed by atoms with van der Waals surface area (Å²) < 4.78 is 13.5. The maximum atomic E-state index is 13.5. The molecule has 4 amide bonds. The average Bonchev–Trinajstić information content (AvgIpc) is 3.12. The molecule has 0 atom stereocenters. The Balaban J connectivity index is 1.61. The second-order valence-electron chi connectivity index (χ2n) is 5.63. The average molecular weight is 336 g/mol. The minimum Gasteiger partial charge on any atom is -0.263 e. The van der Waals surface area contributed by atoms with E-state index in [0.717, 1.165) is 35.5 Å². The third-order valence-corrected chi connectivity index (χ3v) is 5.21. The van der Waals surface area contributed by atoms with Crippen LogP contribution in [0.5, 0.6) is 0 Å². The van der Waals surface area contributed by atoms with Crippen LogP contribution < -0.4 is 0 Å². The van der Waals surface area contributed by atoms with E-state index in [4.69, 9.17) is 0 Å². The van der Waals surface area contributed by atoms with Gasteiger partial charge in [-0.25, -0.2) is 9.18 Å². The van der Waals surface area contributed by atoms with E-state index in [1.165, 1.54) is 17.8 Å². The first-order chi connectivity index (χ1) is 11.1. The van der Waals surface area contributed by atoms with Crippen molar-refractivity contribution in [1.29, 1.82) is 0 Å². The summed E-state index contributed by atoms with van der Waals surface area (Å²) in [6, 6.07) is 5.65. The molecule has 2 aliphatic rings. The first-order valence-corrected chi connectivity index (χ1v) is 8.64. The van der Waals surface area contributed by atoms with Crippen molar-refractivity contribution in [3.05, 3.63) is 30.1 Å². The van der Waals surface area contributed by atoms with Crippen LogP contribution in [-0.2, 0) is 9.59 Å². The van der Waals surface area contributed by atoms with Crippen LogP contribution in [0.15, 0.2) is 29.2 Å². The molecule has 0 radical (unpaired) electrons. The standard InChI is InChI=1S/C16H17FN2O3S/c17-12-7-3-4-8-13(12)23-10-9-18-14(20)15(21)19(16(18)22)11-5-1-2-6-11/h3-4,7-8,11H,1-2,5-6,9-10H2. The van der Waals surface area contributed by atoms with Gasteiger partial charge in [0, 0.05) is 23.2 Å². The normalized spacial score (nSPS) is 19.3. The van der Waals surface area contributed by atoms with Crippen molar-refractivity contribution < 1.29 is 18.8 Å². The number of imide groups is 2. The number of hydrogen-bond acceptors (Lipinski definition) is 4. The Kier molecular flexibility index (Phi) is 4.66. The number of benzene rings is 1. The summed E-state index contributed by atoms with van der Waals surface area (Å²) in [5, 5.41) is 0. The summed E-state index contributed by atoms with van der Waals surface area (Å²) in [5.41, 5.74) is 0. The second kappa shape index (κ2) is 6.70. The summed E-state index contributed by atoms with van der Waals surface area (Å²) in [6.45, 7) is 0.103. The van der Waals surface area contributed by atoms with Gasteiger partial charge < -0.3 is 0 Å². The first kappa shape index (κ1) is 16.0. The van der Waals surface area contributed by atoms with Crippen molar-refractivity contribution in [1.82, 2.24) is 9.80 Å². The third-order valence-electron chi connectivity index (χ3n) is 4.18. The Morgan fingerprint density at radius 3 is 2.48 bits per heavy atom. The van der Waals surface area contributed by atoms with E-state index < -0.39 is 17.8 Å². The zero-order valence-electron chi connectivity index (χ0n) is 12.5. The fraction of sp³-hybridized carbons (Fsp3) is 0.438. The highest BCUT2D eigenvalue weighted by molar-refractivity contribution is 7.99. The number of carbonyl (C=O) groups is 3.